The van der Waals surface area contributed by atoms with Gasteiger partial charge >= 0.3 is 0 Å². The van der Waals surface area contributed by atoms with E-state index >= 15 is 4.39 Å². The van der Waals surface area contributed by atoms with Crippen molar-refractivity contribution in [2.45, 2.75) is 51.9 Å². The van der Waals surface area contributed by atoms with Crippen LogP contribution in [0.3, 0.4) is 0 Å². The molecule has 3 aromatic carbocycles. The molecule has 3 aromatic rings. The summed E-state index contributed by atoms with van der Waals surface area (Å²) in [4.78, 5) is 0. The quantitative estimate of drug-likeness (QED) is 0.522. The van der Waals surface area contributed by atoms with E-state index in [-0.39, 0.29) is 11.7 Å². The molecule has 0 amide bonds. The fourth-order valence-electron chi connectivity index (χ4n) is 4.19. The van der Waals surface area contributed by atoms with Crippen LogP contribution in [0.25, 0.3) is 10.8 Å². The smallest absolute Gasteiger partial charge is 0.134 e. The Labute approximate surface area is 149 Å². The summed E-state index contributed by atoms with van der Waals surface area (Å²) in [5, 5.41) is 1.78. The third kappa shape index (κ3) is 2.97. The summed E-state index contributed by atoms with van der Waals surface area (Å²) in [5.41, 5.74) is 6.42. The van der Waals surface area contributed by atoms with Gasteiger partial charge < -0.3 is 0 Å². The maximum Gasteiger partial charge on any atom is 0.134 e. The Morgan fingerprint density at radius 1 is 0.880 bits per heavy atom. The molecule has 0 aromatic heterocycles. The Hall–Kier alpha value is -2.15. The molecule has 1 atom stereocenters. The molecule has 0 nitrogen and oxygen atoms in total. The predicted molar refractivity (Wildman–Crippen MR) is 104 cm³/mol. The molecule has 1 aliphatic carbocycles. The van der Waals surface area contributed by atoms with Gasteiger partial charge in [0.25, 0.3) is 0 Å². The van der Waals surface area contributed by atoms with E-state index in [1.165, 1.54) is 22.3 Å². The van der Waals surface area contributed by atoms with Crippen LogP contribution >= 0.6 is 0 Å². The van der Waals surface area contributed by atoms with Gasteiger partial charge in [0, 0.05) is 5.39 Å². The maximum absolute atomic E-state index is 15.2. The van der Waals surface area contributed by atoms with Crippen molar-refractivity contribution in [2.75, 3.05) is 0 Å². The fraction of sp³-hybridized carbons (Fsp3) is 0.333. The summed E-state index contributed by atoms with van der Waals surface area (Å²) < 4.78 is 15.2. The van der Waals surface area contributed by atoms with E-state index in [0.717, 1.165) is 48.4 Å². The number of hydrogen-bond acceptors (Lipinski definition) is 0. The number of aryl methyl sites for hydroxylation is 3. The third-order valence-electron chi connectivity index (χ3n) is 5.80. The van der Waals surface area contributed by atoms with Crippen molar-refractivity contribution < 1.29 is 4.39 Å². The maximum atomic E-state index is 15.2. The molecule has 0 saturated carbocycles. The summed E-state index contributed by atoms with van der Waals surface area (Å²) in [6.45, 7) is 4.33. The van der Waals surface area contributed by atoms with E-state index in [2.05, 4.69) is 50.2 Å². The van der Waals surface area contributed by atoms with Crippen molar-refractivity contribution in [1.29, 1.82) is 0 Å². The summed E-state index contributed by atoms with van der Waals surface area (Å²) in [6.07, 6.45) is 5.11. The highest BCUT2D eigenvalue weighted by molar-refractivity contribution is 5.84. The van der Waals surface area contributed by atoms with Gasteiger partial charge in [0.1, 0.15) is 5.82 Å². The first kappa shape index (κ1) is 16.3. The molecule has 0 saturated heterocycles. The Morgan fingerprint density at radius 3 is 2.44 bits per heavy atom. The van der Waals surface area contributed by atoms with Gasteiger partial charge in [-0.15, -0.1) is 0 Å². The Bertz CT molecular complexity index is 923. The standard InChI is InChI=1S/C24H25F/c1-3-16-5-7-19-15-21(9-8-18(19)13-16)23-12-10-20-14-17(4-2)6-11-22(20)24(23)25/h5-7,10-14,21H,3-4,8-9,15H2,1-2H3. The zero-order valence-electron chi connectivity index (χ0n) is 15.1. The zero-order chi connectivity index (χ0) is 17.4. The topological polar surface area (TPSA) is 0 Å². The molecule has 1 heteroatoms. The molecule has 0 N–H and O–H groups in total. The molecule has 128 valence electrons. The molecule has 1 unspecified atom stereocenters. The predicted octanol–water partition coefficient (Wildman–Crippen LogP) is 6.38. The van der Waals surface area contributed by atoms with E-state index < -0.39 is 0 Å². The molecule has 0 radical (unpaired) electrons. The van der Waals surface area contributed by atoms with E-state index in [1.54, 1.807) is 0 Å². The Balaban J connectivity index is 1.69. The number of halogens is 1. The summed E-state index contributed by atoms with van der Waals surface area (Å²) in [5.74, 6) is 0.272. The van der Waals surface area contributed by atoms with Gasteiger partial charge in [-0.05, 0) is 71.2 Å². The van der Waals surface area contributed by atoms with Gasteiger partial charge in [0.05, 0.1) is 0 Å². The molecule has 25 heavy (non-hydrogen) atoms. The van der Waals surface area contributed by atoms with Crippen LogP contribution in [0.4, 0.5) is 4.39 Å². The largest absolute Gasteiger partial charge is 0.206 e. The number of hydrogen-bond donors (Lipinski definition) is 0. The molecule has 1 aliphatic rings. The van der Waals surface area contributed by atoms with Crippen LogP contribution in [0.2, 0.25) is 0 Å². The lowest BCUT2D eigenvalue weighted by Crippen LogP contribution is -2.14. The third-order valence-corrected chi connectivity index (χ3v) is 5.80. The minimum Gasteiger partial charge on any atom is -0.206 e. The number of fused-ring (bicyclic) bond motifs is 2. The highest BCUT2D eigenvalue weighted by Crippen LogP contribution is 2.36. The average Bonchev–Trinajstić information content (AvgIpc) is 2.67. The molecule has 0 bridgehead atoms. The second kappa shape index (κ2) is 6.63. The van der Waals surface area contributed by atoms with Crippen molar-refractivity contribution in [3.05, 3.63) is 82.2 Å². The number of benzene rings is 3. The summed E-state index contributed by atoms with van der Waals surface area (Å²) in [6, 6.07) is 17.1. The van der Waals surface area contributed by atoms with Crippen LogP contribution in [-0.2, 0) is 25.7 Å². The summed E-state index contributed by atoms with van der Waals surface area (Å²) in [7, 11) is 0. The minimum absolute atomic E-state index is 0.0150. The lowest BCUT2D eigenvalue weighted by Gasteiger charge is -2.26. The molecule has 4 rings (SSSR count). The average molecular weight is 332 g/mol. The van der Waals surface area contributed by atoms with Crippen molar-refractivity contribution in [3.8, 4) is 0 Å². The minimum atomic E-state index is -0.0150. The normalized spacial score (nSPS) is 16.8. The molecular weight excluding hydrogens is 307 g/mol. The van der Waals surface area contributed by atoms with Gasteiger partial charge in [-0.3, -0.25) is 0 Å². The van der Waals surface area contributed by atoms with E-state index in [0.29, 0.717) is 0 Å². The highest BCUT2D eigenvalue weighted by atomic mass is 19.1. The first-order chi connectivity index (χ1) is 12.2. The SMILES string of the molecule is CCc1ccc2c(c1)CCC(c1ccc3cc(CC)ccc3c1F)C2. The van der Waals surface area contributed by atoms with Gasteiger partial charge in [-0.25, -0.2) is 4.39 Å². The van der Waals surface area contributed by atoms with E-state index in [1.807, 2.05) is 12.1 Å². The van der Waals surface area contributed by atoms with Crippen molar-refractivity contribution in [2.24, 2.45) is 0 Å². The van der Waals surface area contributed by atoms with Gasteiger partial charge in [0.2, 0.25) is 0 Å². The molecule has 0 spiro atoms. The van der Waals surface area contributed by atoms with E-state index in [4.69, 9.17) is 0 Å². The van der Waals surface area contributed by atoms with Gasteiger partial charge in [0.15, 0.2) is 0 Å². The second-order valence-corrected chi connectivity index (χ2v) is 7.27. The monoisotopic (exact) mass is 332 g/mol. The molecule has 0 aliphatic heterocycles. The van der Waals surface area contributed by atoms with Crippen molar-refractivity contribution in [3.63, 3.8) is 0 Å². The fourth-order valence-corrected chi connectivity index (χ4v) is 4.19. The highest BCUT2D eigenvalue weighted by Gasteiger charge is 2.23. The molecule has 0 heterocycles. The first-order valence-electron chi connectivity index (χ1n) is 9.51. The summed E-state index contributed by atoms with van der Waals surface area (Å²) >= 11 is 0. The van der Waals surface area contributed by atoms with Crippen LogP contribution < -0.4 is 0 Å². The van der Waals surface area contributed by atoms with Crippen LogP contribution in [0.1, 0.15) is 54.0 Å². The lowest BCUT2D eigenvalue weighted by molar-refractivity contribution is 0.539. The van der Waals surface area contributed by atoms with Crippen LogP contribution in [0.15, 0.2) is 48.5 Å². The van der Waals surface area contributed by atoms with Crippen LogP contribution in [0, 0.1) is 5.82 Å². The molecular formula is C24H25F. The van der Waals surface area contributed by atoms with Gasteiger partial charge in [-0.2, -0.15) is 0 Å². The lowest BCUT2D eigenvalue weighted by atomic mass is 9.79. The first-order valence-corrected chi connectivity index (χ1v) is 9.51. The van der Waals surface area contributed by atoms with Gasteiger partial charge in [-0.1, -0.05) is 62.4 Å². The Morgan fingerprint density at radius 2 is 1.64 bits per heavy atom. The molecule has 0 fully saturated rings. The van der Waals surface area contributed by atoms with Crippen molar-refractivity contribution in [1.82, 2.24) is 0 Å². The zero-order valence-corrected chi connectivity index (χ0v) is 15.1. The number of rotatable bonds is 3. The van der Waals surface area contributed by atoms with E-state index in [9.17, 15) is 0 Å². The van der Waals surface area contributed by atoms with Crippen LogP contribution in [-0.4, -0.2) is 0 Å². The van der Waals surface area contributed by atoms with Crippen molar-refractivity contribution >= 4 is 10.8 Å². The second-order valence-electron chi connectivity index (χ2n) is 7.27. The van der Waals surface area contributed by atoms with Crippen LogP contribution in [0.5, 0.6) is 0 Å². The Kier molecular flexibility index (Phi) is 4.33.